The van der Waals surface area contributed by atoms with Gasteiger partial charge in [0.05, 0.1) is 6.61 Å². The molecule has 0 saturated carbocycles. The quantitative estimate of drug-likeness (QED) is 0.0210. The summed E-state index contributed by atoms with van der Waals surface area (Å²) in [5, 5.41) is 30.8. The molecular weight excluding hydrogens is 765 g/mol. The molecule has 0 aromatic rings. The highest BCUT2D eigenvalue weighted by atomic mass is 32.2. The average Bonchev–Trinajstić information content (AvgIpc) is 3.18. The third-order valence-electron chi connectivity index (χ3n) is 9.25. The highest BCUT2D eigenvalue weighted by Gasteiger charge is 2.46. The summed E-state index contributed by atoms with van der Waals surface area (Å²) >= 11 is 0. The van der Waals surface area contributed by atoms with Crippen LogP contribution in [0.25, 0.3) is 0 Å². The van der Waals surface area contributed by atoms with E-state index in [0.29, 0.717) is 12.8 Å². The van der Waals surface area contributed by atoms with Crippen molar-refractivity contribution < 1.29 is 56.8 Å². The molecule has 1 aliphatic rings. The van der Waals surface area contributed by atoms with E-state index in [2.05, 4.69) is 86.8 Å². The van der Waals surface area contributed by atoms with Gasteiger partial charge in [-0.05, 0) is 77.0 Å². The van der Waals surface area contributed by atoms with Gasteiger partial charge in [-0.3, -0.25) is 14.1 Å². The number of hydrogen-bond donors (Lipinski definition) is 4. The molecule has 6 atom stereocenters. The SMILES string of the molecule is CC/C=C\C/C=C\C/C=C\C/C=C\CCCCCCC(=O)OC(COC(=O)CCCCCCC/C=C\C/C=C\CCC)COC1OC(CS(=O)(=O)O)C(O)C(O)C1O. The summed E-state index contributed by atoms with van der Waals surface area (Å²) in [5.41, 5.74) is 0. The largest absolute Gasteiger partial charge is 0.462 e. The zero-order chi connectivity index (χ0) is 42.7. The lowest BCUT2D eigenvalue weighted by Gasteiger charge is -2.40. The fourth-order valence-corrected chi connectivity index (χ4v) is 6.63. The number of allylic oxidation sites excluding steroid dienone is 12. The van der Waals surface area contributed by atoms with E-state index in [1.807, 2.05) is 0 Å². The van der Waals surface area contributed by atoms with Crippen molar-refractivity contribution in [3.8, 4) is 0 Å². The summed E-state index contributed by atoms with van der Waals surface area (Å²) in [7, 11) is -4.61. The molecule has 6 unspecified atom stereocenters. The molecule has 0 bridgehead atoms. The van der Waals surface area contributed by atoms with Gasteiger partial charge in [-0.1, -0.05) is 125 Å². The summed E-state index contributed by atoms with van der Waals surface area (Å²) in [5.74, 6) is -2.05. The molecule has 12 nitrogen and oxygen atoms in total. The van der Waals surface area contributed by atoms with Crippen molar-refractivity contribution in [1.29, 1.82) is 0 Å². The third-order valence-corrected chi connectivity index (χ3v) is 10.0. The first kappa shape index (κ1) is 53.1. The Morgan fingerprint density at radius 2 is 1.09 bits per heavy atom. The van der Waals surface area contributed by atoms with Crippen LogP contribution in [0.1, 0.15) is 142 Å². The standard InChI is InChI=1S/C45H74O12S/c1-3-5-7-9-11-13-15-17-18-19-20-22-24-26-28-30-32-34-41(47)56-38(36-55-45-44(50)43(49)42(48)39(57-45)37-58(51,52)53)35-54-40(46)33-31-29-27-25-23-21-16-14-12-10-8-6-4-2/h5,7-8,10-11,13-14,16-18,20,22,38-39,42-45,48-50H,3-4,6,9,12,15,19,21,23-37H2,1-2H3,(H,51,52,53)/b7-5-,10-8-,13-11-,16-14-,18-17-,22-20-. The Labute approximate surface area is 348 Å². The molecule has 1 fully saturated rings. The van der Waals surface area contributed by atoms with Gasteiger partial charge in [0.15, 0.2) is 12.4 Å². The Morgan fingerprint density at radius 1 is 0.603 bits per heavy atom. The van der Waals surface area contributed by atoms with E-state index in [4.69, 9.17) is 18.9 Å². The molecule has 0 spiro atoms. The first-order chi connectivity index (χ1) is 28.0. The van der Waals surface area contributed by atoms with Crippen molar-refractivity contribution in [3.63, 3.8) is 0 Å². The molecular formula is C45H74O12S. The summed E-state index contributed by atoms with van der Waals surface area (Å²) in [6.45, 7) is 3.52. The van der Waals surface area contributed by atoms with Gasteiger partial charge < -0.3 is 34.3 Å². The number of carbonyl (C=O) groups excluding carboxylic acids is 2. The summed E-state index contributed by atoms with van der Waals surface area (Å²) in [4.78, 5) is 25.3. The fraction of sp³-hybridized carbons (Fsp3) is 0.689. The molecule has 4 N–H and O–H groups in total. The van der Waals surface area contributed by atoms with Gasteiger partial charge in [-0.25, -0.2) is 0 Å². The van der Waals surface area contributed by atoms with Crippen LogP contribution < -0.4 is 0 Å². The predicted molar refractivity (Wildman–Crippen MR) is 228 cm³/mol. The lowest BCUT2D eigenvalue weighted by Crippen LogP contribution is -2.60. The van der Waals surface area contributed by atoms with Gasteiger partial charge >= 0.3 is 11.9 Å². The molecule has 0 aromatic carbocycles. The summed E-state index contributed by atoms with van der Waals surface area (Å²) in [6, 6.07) is 0. The number of ether oxygens (including phenoxy) is 4. The van der Waals surface area contributed by atoms with E-state index in [1.165, 1.54) is 0 Å². The highest BCUT2D eigenvalue weighted by Crippen LogP contribution is 2.24. The smallest absolute Gasteiger partial charge is 0.306 e. The van der Waals surface area contributed by atoms with Crippen LogP contribution in [0, 0.1) is 0 Å². The molecule has 332 valence electrons. The van der Waals surface area contributed by atoms with E-state index >= 15 is 0 Å². The first-order valence-corrected chi connectivity index (χ1v) is 23.1. The Kier molecular flexibility index (Phi) is 32.0. The second kappa shape index (κ2) is 34.9. The lowest BCUT2D eigenvalue weighted by molar-refractivity contribution is -0.297. The van der Waals surface area contributed by atoms with Gasteiger partial charge in [0.2, 0.25) is 0 Å². The van der Waals surface area contributed by atoms with Crippen LogP contribution in [0.15, 0.2) is 72.9 Å². The third kappa shape index (κ3) is 29.3. The van der Waals surface area contributed by atoms with Crippen molar-refractivity contribution in [2.75, 3.05) is 19.0 Å². The second-order valence-electron chi connectivity index (χ2n) is 14.6. The molecule has 58 heavy (non-hydrogen) atoms. The van der Waals surface area contributed by atoms with Gasteiger partial charge in [-0.2, -0.15) is 8.42 Å². The molecule has 1 heterocycles. The van der Waals surface area contributed by atoms with Crippen LogP contribution >= 0.6 is 0 Å². The molecule has 1 aliphatic heterocycles. The number of unbranched alkanes of at least 4 members (excludes halogenated alkanes) is 10. The average molecular weight is 839 g/mol. The highest BCUT2D eigenvalue weighted by molar-refractivity contribution is 7.85. The van der Waals surface area contributed by atoms with E-state index in [1.54, 1.807) is 0 Å². The van der Waals surface area contributed by atoms with Crippen LogP contribution in [-0.4, -0.2) is 96.0 Å². The Hall–Kier alpha value is -2.91. The number of esters is 2. The zero-order valence-corrected chi connectivity index (χ0v) is 35.9. The van der Waals surface area contributed by atoms with Crippen molar-refractivity contribution in [3.05, 3.63) is 72.9 Å². The minimum Gasteiger partial charge on any atom is -0.462 e. The topological polar surface area (TPSA) is 186 Å². The van der Waals surface area contributed by atoms with Gasteiger partial charge in [0.1, 0.15) is 36.8 Å². The Morgan fingerprint density at radius 3 is 1.62 bits per heavy atom. The molecule has 13 heteroatoms. The number of rotatable bonds is 34. The molecule has 0 aromatic heterocycles. The van der Waals surface area contributed by atoms with Crippen molar-refractivity contribution in [2.24, 2.45) is 0 Å². The Bertz CT molecular complexity index is 1350. The monoisotopic (exact) mass is 838 g/mol. The Balaban J connectivity index is 2.51. The second-order valence-corrected chi connectivity index (χ2v) is 16.1. The van der Waals surface area contributed by atoms with Crippen molar-refractivity contribution in [2.45, 2.75) is 179 Å². The molecule has 0 amide bonds. The number of aliphatic hydroxyl groups excluding tert-OH is 3. The van der Waals surface area contributed by atoms with Gasteiger partial charge in [0, 0.05) is 12.8 Å². The summed E-state index contributed by atoms with van der Waals surface area (Å²) in [6.07, 6.45) is 33.8. The van der Waals surface area contributed by atoms with E-state index in [-0.39, 0.29) is 19.4 Å². The fourth-order valence-electron chi connectivity index (χ4n) is 5.94. The first-order valence-electron chi connectivity index (χ1n) is 21.5. The number of aliphatic hydroxyl groups is 3. The van der Waals surface area contributed by atoms with Crippen LogP contribution in [0.2, 0.25) is 0 Å². The van der Waals surface area contributed by atoms with Crippen LogP contribution in [-0.2, 0) is 38.7 Å². The van der Waals surface area contributed by atoms with E-state index < -0.39 is 71.2 Å². The van der Waals surface area contributed by atoms with Crippen molar-refractivity contribution in [1.82, 2.24) is 0 Å². The number of hydrogen-bond acceptors (Lipinski definition) is 11. The van der Waals surface area contributed by atoms with Crippen LogP contribution in [0.5, 0.6) is 0 Å². The maximum atomic E-state index is 12.8. The van der Waals surface area contributed by atoms with Gasteiger partial charge in [0.25, 0.3) is 10.1 Å². The van der Waals surface area contributed by atoms with E-state index in [9.17, 15) is 37.9 Å². The molecule has 0 radical (unpaired) electrons. The minimum atomic E-state index is -4.61. The van der Waals surface area contributed by atoms with Crippen LogP contribution in [0.4, 0.5) is 0 Å². The van der Waals surface area contributed by atoms with Crippen LogP contribution in [0.3, 0.4) is 0 Å². The molecule has 1 rings (SSSR count). The van der Waals surface area contributed by atoms with E-state index in [0.717, 1.165) is 103 Å². The normalized spacial score (nSPS) is 21.1. The summed E-state index contributed by atoms with van der Waals surface area (Å²) < 4.78 is 53.9. The zero-order valence-electron chi connectivity index (χ0n) is 35.1. The lowest BCUT2D eigenvalue weighted by atomic mass is 10.00. The maximum Gasteiger partial charge on any atom is 0.306 e. The van der Waals surface area contributed by atoms with Crippen molar-refractivity contribution >= 4 is 22.1 Å². The number of carbonyl (C=O) groups is 2. The predicted octanol–water partition coefficient (Wildman–Crippen LogP) is 8.33. The molecule has 0 aliphatic carbocycles. The maximum absolute atomic E-state index is 12.8. The minimum absolute atomic E-state index is 0.129. The van der Waals surface area contributed by atoms with Gasteiger partial charge in [-0.15, -0.1) is 0 Å². The molecule has 1 saturated heterocycles.